The highest BCUT2D eigenvalue weighted by molar-refractivity contribution is 5.53. The summed E-state index contributed by atoms with van der Waals surface area (Å²) in [7, 11) is 0. The quantitative estimate of drug-likeness (QED) is 0.743. The van der Waals surface area contributed by atoms with Gasteiger partial charge in [0.1, 0.15) is 0 Å². The first-order chi connectivity index (χ1) is 6.31. The second kappa shape index (κ2) is 3.41. The number of aryl methyl sites for hydroxylation is 1. The molecule has 13 heavy (non-hydrogen) atoms. The smallest absolute Gasteiger partial charge is 0.0372 e. The highest BCUT2D eigenvalue weighted by Crippen LogP contribution is 2.41. The van der Waals surface area contributed by atoms with Crippen LogP contribution in [0.2, 0.25) is 0 Å². The van der Waals surface area contributed by atoms with E-state index < -0.39 is 0 Å². The Morgan fingerprint density at radius 3 is 2.77 bits per heavy atom. The summed E-state index contributed by atoms with van der Waals surface area (Å²) < 4.78 is 0. The molecule has 0 radical (unpaired) electrons. The van der Waals surface area contributed by atoms with Crippen LogP contribution in [0.4, 0.5) is 5.69 Å². The van der Waals surface area contributed by atoms with E-state index in [2.05, 4.69) is 37.4 Å². The molecule has 0 saturated heterocycles. The molecular formula is C12H17N. The van der Waals surface area contributed by atoms with Crippen molar-refractivity contribution in [3.8, 4) is 0 Å². The van der Waals surface area contributed by atoms with Gasteiger partial charge in [0.05, 0.1) is 0 Å². The molecule has 1 aliphatic rings. The maximum atomic E-state index is 3.40. The van der Waals surface area contributed by atoms with Crippen LogP contribution in [0, 0.1) is 6.92 Å². The number of nitrogens with one attached hydrogen (secondary N) is 1. The number of benzene rings is 1. The van der Waals surface area contributed by atoms with Crippen molar-refractivity contribution in [3.05, 3.63) is 29.3 Å². The first-order valence-corrected chi connectivity index (χ1v) is 5.15. The van der Waals surface area contributed by atoms with E-state index in [9.17, 15) is 0 Å². The van der Waals surface area contributed by atoms with Crippen molar-refractivity contribution in [2.24, 2.45) is 0 Å². The fourth-order valence-electron chi connectivity index (χ4n) is 1.69. The maximum Gasteiger partial charge on any atom is 0.0372 e. The Morgan fingerprint density at radius 1 is 1.38 bits per heavy atom. The highest BCUT2D eigenvalue weighted by Gasteiger charge is 2.23. The maximum absolute atomic E-state index is 3.40. The van der Waals surface area contributed by atoms with Gasteiger partial charge in [-0.15, -0.1) is 0 Å². The normalized spacial score (nSPS) is 15.8. The molecule has 0 bridgehead atoms. The fourth-order valence-corrected chi connectivity index (χ4v) is 1.69. The molecule has 0 aliphatic heterocycles. The number of rotatable bonds is 3. The lowest BCUT2D eigenvalue weighted by Crippen LogP contribution is -1.99. The minimum Gasteiger partial charge on any atom is -0.385 e. The zero-order chi connectivity index (χ0) is 9.26. The van der Waals surface area contributed by atoms with Crippen LogP contribution in [0.15, 0.2) is 18.2 Å². The summed E-state index contributed by atoms with van der Waals surface area (Å²) in [5.74, 6) is 0.859. The standard InChI is InChI=1S/C12H17N/c1-3-13-12-8-11(10-6-7-10)5-4-9(12)2/h4-5,8,10,13H,3,6-7H2,1-2H3. The van der Waals surface area contributed by atoms with E-state index in [1.54, 1.807) is 0 Å². The number of anilines is 1. The lowest BCUT2D eigenvalue weighted by molar-refractivity contribution is 1.11. The molecule has 1 aromatic rings. The van der Waals surface area contributed by atoms with Crippen LogP contribution in [-0.4, -0.2) is 6.54 Å². The van der Waals surface area contributed by atoms with Gasteiger partial charge in [-0.2, -0.15) is 0 Å². The first kappa shape index (κ1) is 8.61. The van der Waals surface area contributed by atoms with Gasteiger partial charge >= 0.3 is 0 Å². The molecule has 1 nitrogen and oxygen atoms in total. The van der Waals surface area contributed by atoms with E-state index in [1.165, 1.54) is 29.7 Å². The molecule has 0 spiro atoms. The molecule has 1 heteroatoms. The molecule has 0 unspecified atom stereocenters. The Hall–Kier alpha value is -0.980. The van der Waals surface area contributed by atoms with Gasteiger partial charge in [0.15, 0.2) is 0 Å². The van der Waals surface area contributed by atoms with E-state index in [4.69, 9.17) is 0 Å². The molecule has 0 heterocycles. The molecule has 1 aliphatic carbocycles. The van der Waals surface area contributed by atoms with Crippen LogP contribution in [0.1, 0.15) is 36.8 Å². The Bertz CT molecular complexity index is 300. The van der Waals surface area contributed by atoms with E-state index in [0.29, 0.717) is 0 Å². The Labute approximate surface area is 80.2 Å². The zero-order valence-corrected chi connectivity index (χ0v) is 8.43. The van der Waals surface area contributed by atoms with Crippen LogP contribution in [0.25, 0.3) is 0 Å². The monoisotopic (exact) mass is 175 g/mol. The van der Waals surface area contributed by atoms with Gasteiger partial charge in [-0.1, -0.05) is 12.1 Å². The van der Waals surface area contributed by atoms with Gasteiger partial charge in [-0.25, -0.2) is 0 Å². The molecule has 2 rings (SSSR count). The predicted octanol–water partition coefficient (Wildman–Crippen LogP) is 3.30. The number of hydrogen-bond acceptors (Lipinski definition) is 1. The summed E-state index contributed by atoms with van der Waals surface area (Å²) in [6.07, 6.45) is 2.77. The van der Waals surface area contributed by atoms with Crippen LogP contribution >= 0.6 is 0 Å². The summed E-state index contributed by atoms with van der Waals surface area (Å²) in [6, 6.07) is 6.82. The Balaban J connectivity index is 2.25. The average molecular weight is 175 g/mol. The van der Waals surface area contributed by atoms with Gasteiger partial charge in [0.25, 0.3) is 0 Å². The molecule has 0 atom stereocenters. The van der Waals surface area contributed by atoms with Gasteiger partial charge in [0.2, 0.25) is 0 Å². The minimum atomic E-state index is 0.859. The summed E-state index contributed by atoms with van der Waals surface area (Å²) >= 11 is 0. The topological polar surface area (TPSA) is 12.0 Å². The van der Waals surface area contributed by atoms with Crippen molar-refractivity contribution >= 4 is 5.69 Å². The van der Waals surface area contributed by atoms with E-state index in [0.717, 1.165) is 12.5 Å². The van der Waals surface area contributed by atoms with E-state index in [1.807, 2.05) is 0 Å². The van der Waals surface area contributed by atoms with Crippen molar-refractivity contribution in [2.75, 3.05) is 11.9 Å². The van der Waals surface area contributed by atoms with Crippen molar-refractivity contribution in [3.63, 3.8) is 0 Å². The molecule has 1 aromatic carbocycles. The van der Waals surface area contributed by atoms with Crippen LogP contribution in [0.5, 0.6) is 0 Å². The molecule has 0 amide bonds. The molecule has 1 fully saturated rings. The van der Waals surface area contributed by atoms with Crippen molar-refractivity contribution in [1.29, 1.82) is 0 Å². The minimum absolute atomic E-state index is 0.859. The SMILES string of the molecule is CCNc1cc(C2CC2)ccc1C. The Morgan fingerprint density at radius 2 is 2.15 bits per heavy atom. The lowest BCUT2D eigenvalue weighted by atomic mass is 10.1. The van der Waals surface area contributed by atoms with Crippen molar-refractivity contribution in [2.45, 2.75) is 32.6 Å². The van der Waals surface area contributed by atoms with Gasteiger partial charge in [0, 0.05) is 12.2 Å². The molecule has 70 valence electrons. The lowest BCUT2D eigenvalue weighted by Gasteiger charge is -2.09. The Kier molecular flexibility index (Phi) is 2.26. The van der Waals surface area contributed by atoms with Crippen molar-refractivity contribution < 1.29 is 0 Å². The fraction of sp³-hybridized carbons (Fsp3) is 0.500. The third-order valence-electron chi connectivity index (χ3n) is 2.68. The van der Waals surface area contributed by atoms with Crippen LogP contribution < -0.4 is 5.32 Å². The second-order valence-electron chi connectivity index (χ2n) is 3.88. The predicted molar refractivity (Wildman–Crippen MR) is 57.3 cm³/mol. The van der Waals surface area contributed by atoms with Gasteiger partial charge in [-0.3, -0.25) is 0 Å². The van der Waals surface area contributed by atoms with Crippen molar-refractivity contribution in [1.82, 2.24) is 0 Å². The zero-order valence-electron chi connectivity index (χ0n) is 8.43. The summed E-state index contributed by atoms with van der Waals surface area (Å²) in [5.41, 5.74) is 4.18. The van der Waals surface area contributed by atoms with Crippen LogP contribution in [-0.2, 0) is 0 Å². The molecular weight excluding hydrogens is 158 g/mol. The molecule has 1 N–H and O–H groups in total. The highest BCUT2D eigenvalue weighted by atomic mass is 14.9. The first-order valence-electron chi connectivity index (χ1n) is 5.15. The summed E-state index contributed by atoms with van der Waals surface area (Å²) in [6.45, 7) is 5.31. The summed E-state index contributed by atoms with van der Waals surface area (Å²) in [5, 5.41) is 3.40. The van der Waals surface area contributed by atoms with Gasteiger partial charge < -0.3 is 5.32 Å². The van der Waals surface area contributed by atoms with Gasteiger partial charge in [-0.05, 0) is 49.8 Å². The summed E-state index contributed by atoms with van der Waals surface area (Å²) in [4.78, 5) is 0. The number of hydrogen-bond donors (Lipinski definition) is 1. The second-order valence-corrected chi connectivity index (χ2v) is 3.88. The average Bonchev–Trinajstić information content (AvgIpc) is 2.92. The third kappa shape index (κ3) is 1.85. The molecule has 0 aromatic heterocycles. The van der Waals surface area contributed by atoms with E-state index >= 15 is 0 Å². The molecule has 1 saturated carbocycles. The van der Waals surface area contributed by atoms with E-state index in [-0.39, 0.29) is 0 Å². The largest absolute Gasteiger partial charge is 0.385 e. The third-order valence-corrected chi connectivity index (χ3v) is 2.68. The van der Waals surface area contributed by atoms with Crippen LogP contribution in [0.3, 0.4) is 0 Å².